The van der Waals surface area contributed by atoms with Crippen molar-refractivity contribution < 1.29 is 4.74 Å². The lowest BCUT2D eigenvalue weighted by Gasteiger charge is -2.31. The summed E-state index contributed by atoms with van der Waals surface area (Å²) in [6.45, 7) is 18.3. The van der Waals surface area contributed by atoms with E-state index in [2.05, 4.69) is 71.6 Å². The number of aryl methyl sites for hydroxylation is 3. The summed E-state index contributed by atoms with van der Waals surface area (Å²) in [4.78, 5) is 2.84. The Balaban J connectivity index is 1.97. The molecule has 28 heavy (non-hydrogen) atoms. The zero-order valence-corrected chi connectivity index (χ0v) is 20.2. The van der Waals surface area contributed by atoms with Crippen LogP contribution in [0.1, 0.15) is 22.9 Å². The van der Waals surface area contributed by atoms with Gasteiger partial charge in [0.2, 0.25) is 0 Å². The molecule has 1 atom stereocenters. The van der Waals surface area contributed by atoms with Crippen molar-refractivity contribution in [3.8, 4) is 5.75 Å². The highest BCUT2D eigenvalue weighted by atomic mass is 32.2. The number of hydrogen-bond acceptors (Lipinski definition) is 3. The van der Waals surface area contributed by atoms with Gasteiger partial charge in [-0.1, -0.05) is 43.4 Å². The Morgan fingerprint density at radius 3 is 2.61 bits per heavy atom. The monoisotopic (exact) mass is 424 g/mol. The van der Waals surface area contributed by atoms with Crippen LogP contribution in [0.3, 0.4) is 0 Å². The summed E-state index contributed by atoms with van der Waals surface area (Å²) >= 11 is 4.01. The van der Waals surface area contributed by atoms with Crippen molar-refractivity contribution in [3.63, 3.8) is 0 Å². The molecule has 4 heteroatoms. The van der Waals surface area contributed by atoms with Crippen LogP contribution in [-0.2, 0) is 0 Å². The molecule has 0 radical (unpaired) electrons. The highest BCUT2D eigenvalue weighted by Crippen LogP contribution is 2.45. The van der Waals surface area contributed by atoms with Crippen molar-refractivity contribution in [3.05, 3.63) is 67.6 Å². The van der Waals surface area contributed by atoms with Gasteiger partial charge in [-0.05, 0) is 71.5 Å². The fourth-order valence-corrected chi connectivity index (χ4v) is 12.0. The SMILES string of the molecule is C=CCOc1c(C)cc(C)cc1[Si](C)(C)C1=c2sc(C)cc2=C2C=C(C)SC21. The van der Waals surface area contributed by atoms with E-state index >= 15 is 0 Å². The molecular weight excluding hydrogens is 396 g/mol. The summed E-state index contributed by atoms with van der Waals surface area (Å²) in [6, 6.07) is 7.01. The van der Waals surface area contributed by atoms with Crippen LogP contribution in [0, 0.1) is 20.8 Å². The molecule has 0 saturated heterocycles. The van der Waals surface area contributed by atoms with Crippen LogP contribution in [-0.4, -0.2) is 19.9 Å². The zero-order chi connectivity index (χ0) is 20.2. The minimum absolute atomic E-state index is 0.483. The van der Waals surface area contributed by atoms with Gasteiger partial charge in [0.1, 0.15) is 20.4 Å². The van der Waals surface area contributed by atoms with E-state index in [0.29, 0.717) is 11.9 Å². The lowest BCUT2D eigenvalue weighted by molar-refractivity contribution is 0.363. The highest BCUT2D eigenvalue weighted by molar-refractivity contribution is 8.05. The fraction of sp³-hybridized carbons (Fsp3) is 0.333. The van der Waals surface area contributed by atoms with Gasteiger partial charge in [-0.3, -0.25) is 0 Å². The molecule has 0 fully saturated rings. The third kappa shape index (κ3) is 3.06. The minimum atomic E-state index is -1.96. The molecule has 0 N–H and O–H groups in total. The Morgan fingerprint density at radius 2 is 1.89 bits per heavy atom. The maximum Gasteiger partial charge on any atom is 0.122 e. The second kappa shape index (κ2) is 7.08. The van der Waals surface area contributed by atoms with Crippen molar-refractivity contribution in [2.24, 2.45) is 0 Å². The summed E-state index contributed by atoms with van der Waals surface area (Å²) in [6.07, 6.45) is 4.25. The van der Waals surface area contributed by atoms with Gasteiger partial charge in [0.05, 0.1) is 5.25 Å². The second-order valence-electron chi connectivity index (χ2n) is 8.40. The summed E-state index contributed by atoms with van der Waals surface area (Å²) in [5, 5.41) is 5.05. The molecule has 4 rings (SSSR count). The van der Waals surface area contributed by atoms with Crippen molar-refractivity contribution in [1.29, 1.82) is 0 Å². The summed E-state index contributed by atoms with van der Waals surface area (Å²) in [7, 11) is -1.96. The number of ether oxygens (including phenoxy) is 1. The van der Waals surface area contributed by atoms with Crippen LogP contribution >= 0.6 is 23.1 Å². The summed E-state index contributed by atoms with van der Waals surface area (Å²) < 4.78 is 7.75. The van der Waals surface area contributed by atoms with Crippen molar-refractivity contribution in [2.45, 2.75) is 46.0 Å². The first-order valence-electron chi connectivity index (χ1n) is 9.79. The molecular formula is C24H28OS2Si. The van der Waals surface area contributed by atoms with Gasteiger partial charge in [0, 0.05) is 9.41 Å². The van der Waals surface area contributed by atoms with Crippen LogP contribution in [0.4, 0.5) is 0 Å². The molecule has 1 aromatic heterocycles. The van der Waals surface area contributed by atoms with Crippen LogP contribution in [0.5, 0.6) is 5.75 Å². The Kier molecular flexibility index (Phi) is 5.01. The number of benzene rings is 1. The minimum Gasteiger partial charge on any atom is -0.489 e. The van der Waals surface area contributed by atoms with E-state index in [0.717, 1.165) is 5.75 Å². The smallest absolute Gasteiger partial charge is 0.122 e. The summed E-state index contributed by atoms with van der Waals surface area (Å²) in [5.74, 6) is 1.07. The van der Waals surface area contributed by atoms with Gasteiger partial charge < -0.3 is 4.74 Å². The molecule has 0 amide bonds. The normalized spacial score (nSPS) is 18.2. The number of allylic oxidation sites excluding steroid dienone is 2. The van der Waals surface area contributed by atoms with Crippen LogP contribution in [0.2, 0.25) is 13.1 Å². The molecule has 2 heterocycles. The third-order valence-electron chi connectivity index (χ3n) is 5.73. The van der Waals surface area contributed by atoms with E-state index < -0.39 is 8.07 Å². The largest absolute Gasteiger partial charge is 0.489 e. The quantitative estimate of drug-likeness (QED) is 0.507. The molecule has 1 aliphatic heterocycles. The Morgan fingerprint density at radius 1 is 1.14 bits per heavy atom. The molecule has 146 valence electrons. The number of rotatable bonds is 5. The predicted octanol–water partition coefficient (Wildman–Crippen LogP) is 4.73. The lowest BCUT2D eigenvalue weighted by atomic mass is 10.1. The molecule has 0 spiro atoms. The molecule has 2 aliphatic rings. The topological polar surface area (TPSA) is 9.23 Å². The van der Waals surface area contributed by atoms with Crippen LogP contribution in [0.25, 0.3) is 10.8 Å². The molecule has 1 aromatic carbocycles. The van der Waals surface area contributed by atoms with E-state index in [4.69, 9.17) is 4.74 Å². The van der Waals surface area contributed by atoms with E-state index in [-0.39, 0.29) is 0 Å². The molecule has 1 nitrogen and oxygen atoms in total. The lowest BCUT2D eigenvalue weighted by Crippen LogP contribution is -2.48. The number of thioether (sulfide) groups is 1. The Hall–Kier alpha value is -1.49. The Bertz CT molecular complexity index is 1130. The number of thiophene rings is 1. The molecule has 0 bridgehead atoms. The van der Waals surface area contributed by atoms with Crippen molar-refractivity contribution in [2.75, 3.05) is 6.61 Å². The van der Waals surface area contributed by atoms with E-state index in [9.17, 15) is 0 Å². The summed E-state index contributed by atoms with van der Waals surface area (Å²) in [5.41, 5.74) is 4.07. The second-order valence-corrected chi connectivity index (χ2v) is 15.3. The highest BCUT2D eigenvalue weighted by Gasteiger charge is 2.42. The Labute approximate surface area is 177 Å². The van der Waals surface area contributed by atoms with E-state index in [1.165, 1.54) is 41.4 Å². The first kappa shape index (κ1) is 19.8. The van der Waals surface area contributed by atoms with Crippen LogP contribution < -0.4 is 19.7 Å². The molecule has 0 saturated carbocycles. The zero-order valence-electron chi connectivity index (χ0n) is 17.6. The number of fused-ring (bicyclic) bond motifs is 2. The molecule has 1 aliphatic carbocycles. The van der Waals surface area contributed by atoms with Gasteiger partial charge in [0.15, 0.2) is 0 Å². The van der Waals surface area contributed by atoms with E-state index in [1.54, 1.807) is 5.20 Å². The van der Waals surface area contributed by atoms with Crippen molar-refractivity contribution in [1.82, 2.24) is 0 Å². The maximum atomic E-state index is 6.22. The van der Waals surface area contributed by atoms with Gasteiger partial charge in [-0.2, -0.15) is 0 Å². The first-order valence-corrected chi connectivity index (χ1v) is 14.5. The average molecular weight is 425 g/mol. The maximum absolute atomic E-state index is 6.22. The molecule has 1 unspecified atom stereocenters. The predicted molar refractivity (Wildman–Crippen MR) is 129 cm³/mol. The van der Waals surface area contributed by atoms with E-state index in [1.807, 2.05) is 29.2 Å². The first-order chi connectivity index (χ1) is 13.2. The standard InChI is InChI=1S/C24H28OS2Si/c1-8-9-25-21-15(3)10-14(2)11-20(21)28(6,7)24-22-18(12-16(4)26-22)19-13-17(5)27-23(19)24/h8,10-13,22H,1,9H2,2-7H3. The number of hydrogen-bond donors (Lipinski definition) is 0. The third-order valence-corrected chi connectivity index (χ3v) is 12.0. The average Bonchev–Trinajstić information content (AvgIpc) is 3.22. The van der Waals surface area contributed by atoms with Crippen LogP contribution in [0.15, 0.2) is 41.8 Å². The van der Waals surface area contributed by atoms with Gasteiger partial charge >= 0.3 is 0 Å². The van der Waals surface area contributed by atoms with Gasteiger partial charge in [-0.15, -0.1) is 23.1 Å². The van der Waals surface area contributed by atoms with Gasteiger partial charge in [-0.25, -0.2) is 0 Å². The molecule has 2 aromatic rings. The van der Waals surface area contributed by atoms with Gasteiger partial charge in [0.25, 0.3) is 0 Å². The van der Waals surface area contributed by atoms with Crippen molar-refractivity contribution >= 4 is 47.1 Å². The fourth-order valence-electron chi connectivity index (χ4n) is 4.57.